The Morgan fingerprint density at radius 3 is 2.36 bits per heavy atom. The molecular formula is C24H23F3N4O6S2. The number of halogens is 3. The number of hydrogen-bond donors (Lipinski definition) is 4. The summed E-state index contributed by atoms with van der Waals surface area (Å²) < 4.78 is 62.9. The van der Waals surface area contributed by atoms with E-state index < -0.39 is 22.3 Å². The molecule has 0 bridgehead atoms. The Morgan fingerprint density at radius 2 is 1.79 bits per heavy atom. The lowest BCUT2D eigenvalue weighted by Gasteiger charge is -2.16. The van der Waals surface area contributed by atoms with E-state index in [0.717, 1.165) is 50.7 Å². The molecule has 1 fully saturated rings. The Labute approximate surface area is 224 Å². The van der Waals surface area contributed by atoms with Crippen LogP contribution in [0.2, 0.25) is 0 Å². The summed E-state index contributed by atoms with van der Waals surface area (Å²) in [5.41, 5.74) is 12.6. The zero-order valence-corrected chi connectivity index (χ0v) is 21.6. The maximum absolute atomic E-state index is 11.8. The van der Waals surface area contributed by atoms with Crippen LogP contribution in [-0.2, 0) is 26.3 Å². The fourth-order valence-corrected chi connectivity index (χ4v) is 5.32. The summed E-state index contributed by atoms with van der Waals surface area (Å²) in [5, 5.41) is 9.94. The number of nitrogens with two attached hydrogens (primary N) is 2. The van der Waals surface area contributed by atoms with Gasteiger partial charge in [-0.25, -0.2) is 9.78 Å². The van der Waals surface area contributed by atoms with Crippen LogP contribution in [0.3, 0.4) is 0 Å². The Morgan fingerprint density at radius 1 is 1.13 bits per heavy atom. The number of amides is 1. The molecule has 1 saturated heterocycles. The minimum Gasteiger partial charge on any atom is -0.475 e. The van der Waals surface area contributed by atoms with E-state index in [2.05, 4.69) is 4.98 Å². The number of carbonyl (C=O) groups excluding carboxylic acids is 1. The Balaban J connectivity index is 0.000000182. The summed E-state index contributed by atoms with van der Waals surface area (Å²) in [7, 11) is -4.05. The third-order valence-corrected chi connectivity index (χ3v) is 7.89. The van der Waals surface area contributed by atoms with E-state index in [4.69, 9.17) is 25.9 Å². The van der Waals surface area contributed by atoms with Gasteiger partial charge in [-0.05, 0) is 47.0 Å². The molecule has 1 atom stereocenters. The number of thiophene rings is 1. The van der Waals surface area contributed by atoms with Gasteiger partial charge in [0.25, 0.3) is 0 Å². The highest BCUT2D eigenvalue weighted by atomic mass is 32.3. The summed E-state index contributed by atoms with van der Waals surface area (Å²) in [5.74, 6) is -2.21. The van der Waals surface area contributed by atoms with Crippen LogP contribution in [0.4, 0.5) is 19.0 Å². The lowest BCUT2D eigenvalue weighted by atomic mass is 10.1. The number of nitrogens with zero attached hydrogens (tertiary/aromatic N) is 2. The third kappa shape index (κ3) is 7.86. The standard InChI is InChI=1S/C14H16N4O.C8H6O3S2.C2HF3O2/c15-12-4-6-18(14(12)19)8-9-1-2-10-3-5-17-13(16)11(10)7-9;9-13(10,11)8-5-6-3-1-2-4-7(6)12-8;3-2(4,5)1(6)7/h1-3,5,7,12H,4,6,8,15H2,(H2,16,17);1-5H,(H,9,10,11);(H,6,7)/t12-;;/m0../s1. The van der Waals surface area contributed by atoms with Gasteiger partial charge in [-0.2, -0.15) is 21.6 Å². The monoisotopic (exact) mass is 584 g/mol. The van der Waals surface area contributed by atoms with E-state index in [1.54, 1.807) is 17.2 Å². The molecule has 0 aliphatic carbocycles. The van der Waals surface area contributed by atoms with Crippen LogP contribution in [-0.4, -0.2) is 58.6 Å². The first-order valence-corrected chi connectivity index (χ1v) is 13.4. The summed E-state index contributed by atoms with van der Waals surface area (Å²) in [6.45, 7) is 1.30. The molecule has 208 valence electrons. The van der Waals surface area contributed by atoms with Crippen molar-refractivity contribution in [2.75, 3.05) is 12.3 Å². The van der Waals surface area contributed by atoms with Gasteiger partial charge in [-0.3, -0.25) is 9.35 Å². The molecule has 15 heteroatoms. The topological polar surface area (TPSA) is 177 Å². The van der Waals surface area contributed by atoms with Gasteiger partial charge in [0.05, 0.1) is 6.04 Å². The van der Waals surface area contributed by atoms with Crippen LogP contribution in [0.15, 0.2) is 65.0 Å². The average molecular weight is 585 g/mol. The number of benzene rings is 2. The molecule has 4 aromatic rings. The molecule has 0 spiro atoms. The van der Waals surface area contributed by atoms with E-state index >= 15 is 0 Å². The zero-order valence-electron chi connectivity index (χ0n) is 20.0. The van der Waals surface area contributed by atoms with Crippen molar-refractivity contribution in [3.05, 3.63) is 66.4 Å². The van der Waals surface area contributed by atoms with Crippen LogP contribution < -0.4 is 11.5 Å². The summed E-state index contributed by atoms with van der Waals surface area (Å²) in [4.78, 5) is 26.6. The molecule has 2 aromatic carbocycles. The molecule has 2 aromatic heterocycles. The maximum atomic E-state index is 11.8. The fourth-order valence-electron chi connectivity index (χ4n) is 3.56. The maximum Gasteiger partial charge on any atom is 0.490 e. The SMILES string of the molecule is Nc1nccc2ccc(CN3CC[C@H](N)C3=O)cc12.O=C(O)C(F)(F)F.O=S(=O)(O)c1cc2ccccc2s1. The molecule has 1 amide bonds. The van der Waals surface area contributed by atoms with Gasteiger partial charge < -0.3 is 21.5 Å². The highest BCUT2D eigenvalue weighted by Crippen LogP contribution is 2.28. The predicted molar refractivity (Wildman–Crippen MR) is 139 cm³/mol. The van der Waals surface area contributed by atoms with Crippen molar-refractivity contribution in [1.29, 1.82) is 0 Å². The van der Waals surface area contributed by atoms with E-state index in [1.165, 1.54) is 6.07 Å². The van der Waals surface area contributed by atoms with Crippen LogP contribution in [0.5, 0.6) is 0 Å². The van der Waals surface area contributed by atoms with Gasteiger partial charge in [0.1, 0.15) is 10.0 Å². The Bertz CT molecular complexity index is 1580. The second-order valence-corrected chi connectivity index (χ2v) is 11.0. The van der Waals surface area contributed by atoms with Crippen molar-refractivity contribution in [3.63, 3.8) is 0 Å². The molecule has 10 nitrogen and oxygen atoms in total. The Kier molecular flexibility index (Phi) is 9.11. The number of carboxylic acids is 1. The number of pyridine rings is 1. The first-order chi connectivity index (χ1) is 18.2. The highest BCUT2D eigenvalue weighted by Gasteiger charge is 2.38. The normalized spacial score (nSPS) is 15.5. The number of fused-ring (bicyclic) bond motifs is 2. The Hall–Kier alpha value is -3.79. The van der Waals surface area contributed by atoms with E-state index in [9.17, 15) is 26.4 Å². The molecule has 0 radical (unpaired) electrons. The first kappa shape index (κ1) is 29.8. The number of hydrogen-bond acceptors (Lipinski definition) is 8. The molecule has 1 aliphatic rings. The fraction of sp³-hybridized carbons (Fsp3) is 0.208. The van der Waals surface area contributed by atoms with Gasteiger partial charge in [-0.15, -0.1) is 11.3 Å². The van der Waals surface area contributed by atoms with Crippen LogP contribution in [0.25, 0.3) is 20.9 Å². The van der Waals surface area contributed by atoms with Crippen LogP contribution >= 0.6 is 11.3 Å². The molecule has 6 N–H and O–H groups in total. The summed E-state index contributed by atoms with van der Waals surface area (Å²) >= 11 is 1.07. The van der Waals surface area contributed by atoms with E-state index in [-0.39, 0.29) is 16.2 Å². The van der Waals surface area contributed by atoms with Crippen molar-refractivity contribution >= 4 is 60.0 Å². The number of carboxylic acid groups (broad SMARTS) is 1. The predicted octanol–water partition coefficient (Wildman–Crippen LogP) is 3.66. The van der Waals surface area contributed by atoms with Gasteiger partial charge in [-0.1, -0.05) is 30.3 Å². The number of aromatic nitrogens is 1. The molecule has 0 saturated carbocycles. The van der Waals surface area contributed by atoms with E-state index in [1.807, 2.05) is 42.5 Å². The van der Waals surface area contributed by atoms with Crippen LogP contribution in [0.1, 0.15) is 12.0 Å². The molecule has 39 heavy (non-hydrogen) atoms. The lowest BCUT2D eigenvalue weighted by molar-refractivity contribution is -0.192. The minimum absolute atomic E-state index is 0.00583. The second kappa shape index (κ2) is 11.9. The number of anilines is 1. The lowest BCUT2D eigenvalue weighted by Crippen LogP contribution is -2.33. The number of alkyl halides is 3. The zero-order chi connectivity index (χ0) is 29.0. The molecule has 5 rings (SSSR count). The largest absolute Gasteiger partial charge is 0.490 e. The smallest absolute Gasteiger partial charge is 0.475 e. The van der Waals surface area contributed by atoms with Gasteiger partial charge in [0.2, 0.25) is 5.91 Å². The number of carbonyl (C=O) groups is 2. The molecule has 1 aliphatic heterocycles. The van der Waals surface area contributed by atoms with Crippen molar-refractivity contribution < 1.29 is 40.8 Å². The van der Waals surface area contributed by atoms with Crippen molar-refractivity contribution in [2.45, 2.75) is 29.4 Å². The number of nitrogen functional groups attached to an aromatic ring is 1. The number of rotatable bonds is 3. The molecule has 3 heterocycles. The summed E-state index contributed by atoms with van der Waals surface area (Å²) in [6, 6.07) is 16.3. The quantitative estimate of drug-likeness (QED) is 0.262. The van der Waals surface area contributed by atoms with Crippen molar-refractivity contribution in [3.8, 4) is 0 Å². The van der Waals surface area contributed by atoms with Gasteiger partial charge >= 0.3 is 22.3 Å². The third-order valence-electron chi connectivity index (χ3n) is 5.47. The first-order valence-electron chi connectivity index (χ1n) is 11.1. The number of likely N-dealkylation sites (tertiary alicyclic amines) is 1. The van der Waals surface area contributed by atoms with Crippen LogP contribution in [0, 0.1) is 0 Å². The van der Waals surface area contributed by atoms with Gasteiger partial charge in [0, 0.05) is 29.4 Å². The number of aliphatic carboxylic acids is 1. The van der Waals surface area contributed by atoms with Gasteiger partial charge in [0.15, 0.2) is 0 Å². The molecule has 0 unspecified atom stereocenters. The minimum atomic E-state index is -5.08. The van der Waals surface area contributed by atoms with Crippen molar-refractivity contribution in [1.82, 2.24) is 9.88 Å². The summed E-state index contributed by atoms with van der Waals surface area (Å²) in [6.07, 6.45) is -2.66. The molecular weight excluding hydrogens is 561 g/mol. The van der Waals surface area contributed by atoms with Crippen molar-refractivity contribution in [2.24, 2.45) is 5.73 Å². The highest BCUT2D eigenvalue weighted by molar-refractivity contribution is 7.88. The van der Waals surface area contributed by atoms with E-state index in [0.29, 0.717) is 12.4 Å². The second-order valence-electron chi connectivity index (χ2n) is 8.29. The average Bonchev–Trinajstić information content (AvgIpc) is 3.44.